The highest BCUT2D eigenvalue weighted by atomic mass is 16.6. The second-order valence-electron chi connectivity index (χ2n) is 9.89. The lowest BCUT2D eigenvalue weighted by atomic mass is 9.43. The van der Waals surface area contributed by atoms with E-state index in [9.17, 15) is 24.9 Å². The van der Waals surface area contributed by atoms with E-state index >= 15 is 0 Å². The van der Waals surface area contributed by atoms with Crippen LogP contribution in [0.5, 0.6) is 0 Å². The third kappa shape index (κ3) is 2.78. The molecule has 3 fully saturated rings. The van der Waals surface area contributed by atoms with E-state index in [0.29, 0.717) is 12.8 Å². The van der Waals surface area contributed by atoms with Gasteiger partial charge in [0.25, 0.3) is 0 Å². The van der Waals surface area contributed by atoms with Crippen molar-refractivity contribution in [1.29, 1.82) is 0 Å². The van der Waals surface area contributed by atoms with Crippen molar-refractivity contribution >= 4 is 11.8 Å². The first-order valence-electron chi connectivity index (χ1n) is 10.7. The number of esters is 1. The maximum absolute atomic E-state index is 13.2. The zero-order chi connectivity index (χ0) is 20.9. The number of rotatable bonds is 4. The fourth-order valence-corrected chi connectivity index (χ4v) is 7.05. The molecule has 160 valence electrons. The lowest BCUT2D eigenvalue weighted by Crippen LogP contribution is -2.64. The molecule has 0 spiro atoms. The molecule has 3 aliphatic carbocycles. The van der Waals surface area contributed by atoms with Gasteiger partial charge in [0, 0.05) is 23.2 Å². The van der Waals surface area contributed by atoms with E-state index in [1.54, 1.807) is 0 Å². The highest BCUT2D eigenvalue weighted by molar-refractivity contribution is 5.85. The number of ether oxygens (including phenoxy) is 1. The van der Waals surface area contributed by atoms with Gasteiger partial charge in [0.2, 0.25) is 0 Å². The number of carbonyl (C=O) groups excluding carboxylic acids is 2. The molecule has 2 bridgehead atoms. The van der Waals surface area contributed by atoms with Gasteiger partial charge in [0.1, 0.15) is 18.5 Å². The summed E-state index contributed by atoms with van der Waals surface area (Å²) in [4.78, 5) is 25.3. The zero-order valence-electron chi connectivity index (χ0n) is 17.6. The van der Waals surface area contributed by atoms with E-state index in [1.165, 1.54) is 0 Å². The number of carbonyl (C=O) groups is 2. The topological polar surface area (TPSA) is 104 Å². The molecule has 6 nitrogen and oxygen atoms in total. The quantitative estimate of drug-likeness (QED) is 0.629. The lowest BCUT2D eigenvalue weighted by molar-refractivity contribution is -0.219. The van der Waals surface area contributed by atoms with Crippen LogP contribution >= 0.6 is 0 Å². The Kier molecular flexibility index (Phi) is 5.72. The molecule has 1 unspecified atom stereocenters. The molecule has 0 aliphatic heterocycles. The summed E-state index contributed by atoms with van der Waals surface area (Å²) in [6, 6.07) is 0. The summed E-state index contributed by atoms with van der Waals surface area (Å²) in [6.07, 6.45) is 2.41. The third-order valence-corrected chi connectivity index (χ3v) is 9.18. The predicted octanol–water partition coefficient (Wildman–Crippen LogP) is 2.08. The first-order valence-corrected chi connectivity index (χ1v) is 10.7. The second-order valence-corrected chi connectivity index (χ2v) is 9.89. The standard InChI is InChI=1S/C22H36O6/c1-5-21(12-24)10-16(28-17(26)11-23)20(4)13(2)6-8-22(14(3)19(21)27)9-7-15(25)18(20)22/h13-14,16,18-19,23-24,27H,5-12H2,1-4H3/t13-,14+,16-,18?,19+,20+,21-,22-/m1/s1. The van der Waals surface area contributed by atoms with E-state index in [1.807, 2.05) is 13.8 Å². The molecular formula is C22H36O6. The van der Waals surface area contributed by atoms with Crippen LogP contribution in [0.4, 0.5) is 0 Å². The van der Waals surface area contributed by atoms with Crippen molar-refractivity contribution in [1.82, 2.24) is 0 Å². The van der Waals surface area contributed by atoms with Crippen LogP contribution in [0.2, 0.25) is 0 Å². The Bertz CT molecular complexity index is 629. The Morgan fingerprint density at radius 1 is 1.25 bits per heavy atom. The van der Waals surface area contributed by atoms with Gasteiger partial charge in [-0.1, -0.05) is 27.7 Å². The average Bonchev–Trinajstić information content (AvgIpc) is 3.04. The van der Waals surface area contributed by atoms with E-state index in [-0.39, 0.29) is 42.0 Å². The minimum atomic E-state index is -0.804. The first-order chi connectivity index (χ1) is 13.1. The van der Waals surface area contributed by atoms with Gasteiger partial charge in [-0.05, 0) is 49.4 Å². The van der Waals surface area contributed by atoms with Crippen molar-refractivity contribution in [3.8, 4) is 0 Å². The van der Waals surface area contributed by atoms with Gasteiger partial charge >= 0.3 is 5.97 Å². The molecule has 0 radical (unpaired) electrons. The van der Waals surface area contributed by atoms with Crippen LogP contribution in [0.25, 0.3) is 0 Å². The van der Waals surface area contributed by atoms with E-state index in [4.69, 9.17) is 4.74 Å². The third-order valence-electron chi connectivity index (χ3n) is 9.18. The summed E-state index contributed by atoms with van der Waals surface area (Å²) in [6.45, 7) is 7.22. The highest BCUT2D eigenvalue weighted by Crippen LogP contribution is 2.68. The van der Waals surface area contributed by atoms with Crippen molar-refractivity contribution in [2.45, 2.75) is 78.4 Å². The first kappa shape index (κ1) is 21.7. The largest absolute Gasteiger partial charge is 0.460 e. The second kappa shape index (κ2) is 7.37. The minimum Gasteiger partial charge on any atom is -0.460 e. The van der Waals surface area contributed by atoms with Gasteiger partial charge in [-0.3, -0.25) is 4.79 Å². The average molecular weight is 397 g/mol. The Morgan fingerprint density at radius 2 is 1.93 bits per heavy atom. The summed E-state index contributed by atoms with van der Waals surface area (Å²) >= 11 is 0. The van der Waals surface area contributed by atoms with Gasteiger partial charge in [-0.25, -0.2) is 4.79 Å². The minimum absolute atomic E-state index is 0.127. The number of hydrogen-bond donors (Lipinski definition) is 3. The Labute approximate surface area is 167 Å². The molecule has 3 N–H and O–H groups in total. The molecule has 6 heteroatoms. The molecule has 8 atom stereocenters. The molecule has 0 aromatic rings. The fourth-order valence-electron chi connectivity index (χ4n) is 7.05. The van der Waals surface area contributed by atoms with Crippen LogP contribution in [-0.4, -0.2) is 52.5 Å². The maximum atomic E-state index is 13.2. The molecular weight excluding hydrogens is 360 g/mol. The Balaban J connectivity index is 2.22. The zero-order valence-corrected chi connectivity index (χ0v) is 17.6. The molecule has 0 aromatic carbocycles. The summed E-state index contributed by atoms with van der Waals surface area (Å²) in [5.41, 5.74) is -1.72. The number of ketones is 1. The van der Waals surface area contributed by atoms with Crippen molar-refractivity contribution in [2.24, 2.45) is 34.0 Å². The fraction of sp³-hybridized carbons (Fsp3) is 0.909. The van der Waals surface area contributed by atoms with Gasteiger partial charge in [0.05, 0.1) is 12.7 Å². The maximum Gasteiger partial charge on any atom is 0.332 e. The van der Waals surface area contributed by atoms with Crippen LogP contribution in [0.15, 0.2) is 0 Å². The van der Waals surface area contributed by atoms with Crippen molar-refractivity contribution in [3.05, 3.63) is 0 Å². The van der Waals surface area contributed by atoms with E-state index < -0.39 is 35.6 Å². The Hall–Kier alpha value is -0.980. The smallest absolute Gasteiger partial charge is 0.332 e. The van der Waals surface area contributed by atoms with Crippen LogP contribution in [0, 0.1) is 34.0 Å². The SMILES string of the molecule is CC[C@]1(CO)C[C@@H](OC(=O)CO)[C@@]2(C)C3C(=O)CC[C@]3(CC[C@H]2C)[C@@H](C)[C@@H]1O. The van der Waals surface area contributed by atoms with Crippen LogP contribution in [-0.2, 0) is 14.3 Å². The van der Waals surface area contributed by atoms with Gasteiger partial charge in [-0.2, -0.15) is 0 Å². The van der Waals surface area contributed by atoms with Gasteiger partial charge in [0.15, 0.2) is 0 Å². The molecule has 0 saturated heterocycles. The number of Topliss-reactive ketones (excluding diaryl/α,β-unsaturated/α-hetero) is 1. The molecule has 3 rings (SSSR count). The molecule has 28 heavy (non-hydrogen) atoms. The number of aliphatic hydroxyl groups is 3. The molecule has 0 aromatic heterocycles. The van der Waals surface area contributed by atoms with E-state index in [2.05, 4.69) is 13.8 Å². The van der Waals surface area contributed by atoms with Crippen molar-refractivity contribution in [2.75, 3.05) is 13.2 Å². The van der Waals surface area contributed by atoms with Crippen LogP contribution in [0.1, 0.15) is 66.2 Å². The lowest BCUT2D eigenvalue weighted by Gasteiger charge is -2.62. The summed E-state index contributed by atoms with van der Waals surface area (Å²) in [5.74, 6) is -0.770. The summed E-state index contributed by atoms with van der Waals surface area (Å²) in [5, 5.41) is 31.1. The number of hydrogen-bond acceptors (Lipinski definition) is 6. The molecule has 3 aliphatic rings. The van der Waals surface area contributed by atoms with Crippen molar-refractivity contribution in [3.63, 3.8) is 0 Å². The van der Waals surface area contributed by atoms with Gasteiger partial charge < -0.3 is 20.1 Å². The van der Waals surface area contributed by atoms with Crippen molar-refractivity contribution < 1.29 is 29.6 Å². The highest BCUT2D eigenvalue weighted by Gasteiger charge is 2.68. The Morgan fingerprint density at radius 3 is 2.50 bits per heavy atom. The summed E-state index contributed by atoms with van der Waals surface area (Å²) < 4.78 is 5.77. The van der Waals surface area contributed by atoms with Crippen LogP contribution < -0.4 is 0 Å². The number of aliphatic hydroxyl groups excluding tert-OH is 3. The normalized spacial score (nSPS) is 48.5. The molecule has 3 saturated carbocycles. The van der Waals surface area contributed by atoms with Crippen LogP contribution in [0.3, 0.4) is 0 Å². The monoisotopic (exact) mass is 396 g/mol. The summed E-state index contributed by atoms with van der Waals surface area (Å²) in [7, 11) is 0. The van der Waals surface area contributed by atoms with E-state index in [0.717, 1.165) is 19.3 Å². The van der Waals surface area contributed by atoms with Gasteiger partial charge in [-0.15, -0.1) is 0 Å². The molecule has 0 heterocycles. The predicted molar refractivity (Wildman–Crippen MR) is 103 cm³/mol. The molecule has 0 amide bonds.